The van der Waals surface area contributed by atoms with Crippen LogP contribution in [0, 0.1) is 0 Å². The molecule has 0 spiro atoms. The minimum atomic E-state index is -0.0379. The van der Waals surface area contributed by atoms with E-state index >= 15 is 0 Å². The molecule has 0 radical (unpaired) electrons. The van der Waals surface area contributed by atoms with Crippen LogP contribution < -0.4 is 5.32 Å². The standard InChI is InChI=1S/C11H10ClNO/c1-2-3-9-8-5-4-7(12)6-10(8)13-11(9)14/h3-6H,2H2,1H3,(H,13,14). The number of allylic oxidation sites excluding steroid dienone is 1. The molecule has 1 aromatic rings. The van der Waals surface area contributed by atoms with Crippen LogP contribution in [-0.2, 0) is 4.79 Å². The lowest BCUT2D eigenvalue weighted by Gasteiger charge is -1.97. The van der Waals surface area contributed by atoms with Crippen LogP contribution in [0.2, 0.25) is 5.02 Å². The molecule has 2 nitrogen and oxygen atoms in total. The van der Waals surface area contributed by atoms with E-state index in [1.807, 2.05) is 19.1 Å². The monoisotopic (exact) mass is 207 g/mol. The summed E-state index contributed by atoms with van der Waals surface area (Å²) in [6.07, 6.45) is 2.78. The number of carbonyl (C=O) groups is 1. The summed E-state index contributed by atoms with van der Waals surface area (Å²) in [5.74, 6) is -0.0379. The molecule has 1 aromatic carbocycles. The first kappa shape index (κ1) is 9.28. The van der Waals surface area contributed by atoms with E-state index in [4.69, 9.17) is 11.6 Å². The van der Waals surface area contributed by atoms with Gasteiger partial charge in [0.05, 0.1) is 5.69 Å². The molecule has 1 heterocycles. The highest BCUT2D eigenvalue weighted by molar-refractivity contribution is 6.34. The number of halogens is 1. The van der Waals surface area contributed by atoms with E-state index in [0.29, 0.717) is 5.02 Å². The third-order valence-electron chi connectivity index (χ3n) is 2.17. The molecule has 0 aliphatic carbocycles. The minimum absolute atomic E-state index is 0.0379. The molecule has 1 aliphatic rings. The Morgan fingerprint density at radius 1 is 1.50 bits per heavy atom. The SMILES string of the molecule is CCC=C1C(=O)Nc2cc(Cl)ccc21. The lowest BCUT2D eigenvalue weighted by Crippen LogP contribution is -2.03. The van der Waals surface area contributed by atoms with Gasteiger partial charge in [0.2, 0.25) is 0 Å². The molecule has 1 amide bonds. The highest BCUT2D eigenvalue weighted by atomic mass is 35.5. The lowest BCUT2D eigenvalue weighted by atomic mass is 10.1. The average Bonchev–Trinajstić information content (AvgIpc) is 2.43. The molecule has 0 bridgehead atoms. The second-order valence-electron chi connectivity index (χ2n) is 3.17. The van der Waals surface area contributed by atoms with Crippen molar-refractivity contribution in [1.82, 2.24) is 0 Å². The molecule has 14 heavy (non-hydrogen) atoms. The molecular weight excluding hydrogens is 198 g/mol. The highest BCUT2D eigenvalue weighted by Crippen LogP contribution is 2.33. The number of fused-ring (bicyclic) bond motifs is 1. The Morgan fingerprint density at radius 2 is 2.29 bits per heavy atom. The zero-order chi connectivity index (χ0) is 10.1. The fourth-order valence-corrected chi connectivity index (χ4v) is 1.75. The van der Waals surface area contributed by atoms with Crippen molar-refractivity contribution in [3.63, 3.8) is 0 Å². The van der Waals surface area contributed by atoms with Crippen molar-refractivity contribution in [3.8, 4) is 0 Å². The number of rotatable bonds is 1. The maximum atomic E-state index is 11.5. The maximum absolute atomic E-state index is 11.5. The summed E-state index contributed by atoms with van der Waals surface area (Å²) in [5.41, 5.74) is 2.50. The molecule has 2 rings (SSSR count). The van der Waals surface area contributed by atoms with Crippen LogP contribution in [0.25, 0.3) is 5.57 Å². The van der Waals surface area contributed by atoms with Crippen molar-refractivity contribution in [1.29, 1.82) is 0 Å². The minimum Gasteiger partial charge on any atom is -0.321 e. The molecule has 1 N–H and O–H groups in total. The number of amides is 1. The van der Waals surface area contributed by atoms with Gasteiger partial charge < -0.3 is 5.32 Å². The quantitative estimate of drug-likeness (QED) is 0.705. The molecule has 0 saturated heterocycles. The molecule has 0 unspecified atom stereocenters. The van der Waals surface area contributed by atoms with Crippen LogP contribution in [0.15, 0.2) is 24.3 Å². The first-order valence-corrected chi connectivity index (χ1v) is 4.91. The first-order valence-electron chi connectivity index (χ1n) is 4.54. The number of nitrogens with one attached hydrogen (secondary N) is 1. The van der Waals surface area contributed by atoms with Crippen LogP contribution in [-0.4, -0.2) is 5.91 Å². The molecule has 1 aliphatic heterocycles. The molecule has 0 aromatic heterocycles. The van der Waals surface area contributed by atoms with Crippen molar-refractivity contribution in [2.45, 2.75) is 13.3 Å². The molecular formula is C11H10ClNO. The van der Waals surface area contributed by atoms with E-state index in [9.17, 15) is 4.79 Å². The van der Waals surface area contributed by atoms with Crippen LogP contribution in [0.5, 0.6) is 0 Å². The van der Waals surface area contributed by atoms with Crippen molar-refractivity contribution in [2.75, 3.05) is 5.32 Å². The number of anilines is 1. The number of benzene rings is 1. The first-order chi connectivity index (χ1) is 6.72. The van der Waals surface area contributed by atoms with Gasteiger partial charge in [-0.3, -0.25) is 4.79 Å². The predicted octanol–water partition coefficient (Wildman–Crippen LogP) is 3.09. The van der Waals surface area contributed by atoms with Gasteiger partial charge in [0.1, 0.15) is 0 Å². The Balaban J connectivity index is 2.53. The van der Waals surface area contributed by atoms with E-state index < -0.39 is 0 Å². The Bertz CT molecular complexity index is 423. The van der Waals surface area contributed by atoms with Gasteiger partial charge in [-0.25, -0.2) is 0 Å². The van der Waals surface area contributed by atoms with E-state index in [1.54, 1.807) is 12.1 Å². The predicted molar refractivity (Wildman–Crippen MR) is 58.3 cm³/mol. The van der Waals surface area contributed by atoms with E-state index in [2.05, 4.69) is 5.32 Å². The molecule has 72 valence electrons. The van der Waals surface area contributed by atoms with E-state index in [-0.39, 0.29) is 5.91 Å². The zero-order valence-electron chi connectivity index (χ0n) is 7.80. The second kappa shape index (κ2) is 3.46. The summed E-state index contributed by atoms with van der Waals surface area (Å²) in [5, 5.41) is 3.42. The maximum Gasteiger partial charge on any atom is 0.256 e. The van der Waals surface area contributed by atoms with Crippen LogP contribution in [0.3, 0.4) is 0 Å². The smallest absolute Gasteiger partial charge is 0.256 e. The Morgan fingerprint density at radius 3 is 3.00 bits per heavy atom. The van der Waals surface area contributed by atoms with Crippen molar-refractivity contribution >= 4 is 28.8 Å². The fourth-order valence-electron chi connectivity index (χ4n) is 1.57. The summed E-state index contributed by atoms with van der Waals surface area (Å²) in [4.78, 5) is 11.5. The number of hydrogen-bond donors (Lipinski definition) is 1. The van der Waals surface area contributed by atoms with Gasteiger partial charge in [0, 0.05) is 16.2 Å². The van der Waals surface area contributed by atoms with Crippen molar-refractivity contribution in [2.24, 2.45) is 0 Å². The fraction of sp³-hybridized carbons (Fsp3) is 0.182. The Kier molecular flexibility index (Phi) is 2.30. The summed E-state index contributed by atoms with van der Waals surface area (Å²) < 4.78 is 0. The van der Waals surface area contributed by atoms with Crippen LogP contribution >= 0.6 is 11.6 Å². The lowest BCUT2D eigenvalue weighted by molar-refractivity contribution is -0.110. The van der Waals surface area contributed by atoms with Gasteiger partial charge in [-0.1, -0.05) is 30.7 Å². The van der Waals surface area contributed by atoms with Crippen molar-refractivity contribution < 1.29 is 4.79 Å². The summed E-state index contributed by atoms with van der Waals surface area (Å²) in [6.45, 7) is 2.01. The van der Waals surface area contributed by atoms with Gasteiger partial charge >= 0.3 is 0 Å². The third-order valence-corrected chi connectivity index (χ3v) is 2.41. The van der Waals surface area contributed by atoms with Gasteiger partial charge in [-0.2, -0.15) is 0 Å². The van der Waals surface area contributed by atoms with E-state index in [1.165, 1.54) is 0 Å². The van der Waals surface area contributed by atoms with Crippen molar-refractivity contribution in [3.05, 3.63) is 34.9 Å². The average molecular weight is 208 g/mol. The number of hydrogen-bond acceptors (Lipinski definition) is 1. The van der Waals surface area contributed by atoms with Crippen LogP contribution in [0.1, 0.15) is 18.9 Å². The van der Waals surface area contributed by atoms with Crippen LogP contribution in [0.4, 0.5) is 5.69 Å². The summed E-state index contributed by atoms with van der Waals surface area (Å²) >= 11 is 5.83. The van der Waals surface area contributed by atoms with E-state index in [0.717, 1.165) is 23.2 Å². The number of carbonyl (C=O) groups excluding carboxylic acids is 1. The van der Waals surface area contributed by atoms with Gasteiger partial charge in [0.15, 0.2) is 0 Å². The Hall–Kier alpha value is -1.28. The van der Waals surface area contributed by atoms with Gasteiger partial charge in [-0.15, -0.1) is 0 Å². The third kappa shape index (κ3) is 1.42. The molecule has 0 atom stereocenters. The van der Waals surface area contributed by atoms with Gasteiger partial charge in [0.25, 0.3) is 5.91 Å². The normalized spacial score (nSPS) is 17.0. The summed E-state index contributed by atoms with van der Waals surface area (Å²) in [6, 6.07) is 5.44. The molecule has 0 fully saturated rings. The molecule has 3 heteroatoms. The summed E-state index contributed by atoms with van der Waals surface area (Å²) in [7, 11) is 0. The largest absolute Gasteiger partial charge is 0.321 e. The second-order valence-corrected chi connectivity index (χ2v) is 3.61. The zero-order valence-corrected chi connectivity index (χ0v) is 8.56. The molecule has 0 saturated carbocycles. The Labute approximate surface area is 87.6 Å². The highest BCUT2D eigenvalue weighted by Gasteiger charge is 2.23. The topological polar surface area (TPSA) is 29.1 Å². The van der Waals surface area contributed by atoms with Gasteiger partial charge in [-0.05, 0) is 18.6 Å².